The van der Waals surface area contributed by atoms with Crippen molar-refractivity contribution in [3.05, 3.63) is 18.7 Å². The van der Waals surface area contributed by atoms with E-state index in [4.69, 9.17) is 0 Å². The summed E-state index contributed by atoms with van der Waals surface area (Å²) in [4.78, 5) is 3.78. The third-order valence-corrected chi connectivity index (χ3v) is 0.637. The molecule has 0 aliphatic rings. The number of hydrogen-bond donors (Lipinski definition) is 1. The van der Waals surface area contributed by atoms with Gasteiger partial charge in [-0.2, -0.15) is 0 Å². The van der Waals surface area contributed by atoms with Gasteiger partial charge in [0.1, 0.15) is 0 Å². The van der Waals surface area contributed by atoms with Gasteiger partial charge in [0.25, 0.3) is 0 Å². The van der Waals surface area contributed by atoms with Gasteiger partial charge in [0.05, 0.1) is 6.33 Å². The predicted molar refractivity (Wildman–Crippen MR) is 29.2 cm³/mol. The molecule has 3 heteroatoms. The molecule has 1 rings (SSSR count). The first-order valence-electron chi connectivity index (χ1n) is 1.81. The summed E-state index contributed by atoms with van der Waals surface area (Å²) >= 11 is 0. The first-order chi connectivity index (χ1) is 2.89. The standard InChI is InChI=1S/C4H6N2.H3N/c1-6-3-2-5-4-6;/h2-4H,1H3;1H3/p+1. The van der Waals surface area contributed by atoms with Crippen LogP contribution in [0.1, 0.15) is 0 Å². The van der Waals surface area contributed by atoms with Gasteiger partial charge in [-0.15, -0.1) is 0 Å². The van der Waals surface area contributed by atoms with Crippen LogP contribution in [0.15, 0.2) is 18.7 Å². The van der Waals surface area contributed by atoms with Crippen molar-refractivity contribution in [3.63, 3.8) is 0 Å². The maximum atomic E-state index is 3.78. The Morgan fingerprint density at radius 1 is 1.57 bits per heavy atom. The van der Waals surface area contributed by atoms with E-state index in [0.29, 0.717) is 0 Å². The van der Waals surface area contributed by atoms with Crippen molar-refractivity contribution < 1.29 is 0 Å². The molecule has 0 radical (unpaired) electrons. The van der Waals surface area contributed by atoms with Crippen LogP contribution >= 0.6 is 0 Å². The fourth-order valence-electron chi connectivity index (χ4n) is 0.326. The van der Waals surface area contributed by atoms with E-state index in [9.17, 15) is 0 Å². The van der Waals surface area contributed by atoms with Crippen LogP contribution in [0.5, 0.6) is 0 Å². The van der Waals surface area contributed by atoms with Gasteiger partial charge in [0.15, 0.2) is 0 Å². The molecule has 0 saturated carbocycles. The van der Waals surface area contributed by atoms with Gasteiger partial charge >= 0.3 is 0 Å². The van der Waals surface area contributed by atoms with Crippen LogP contribution in [0.2, 0.25) is 0 Å². The van der Waals surface area contributed by atoms with E-state index >= 15 is 0 Å². The average Bonchev–Trinajstić information content (AvgIpc) is 1.86. The maximum absolute atomic E-state index is 3.78. The van der Waals surface area contributed by atoms with Crippen molar-refractivity contribution in [2.24, 2.45) is 7.05 Å². The summed E-state index contributed by atoms with van der Waals surface area (Å²) in [6.07, 6.45) is 5.39. The molecule has 0 amide bonds. The normalized spacial score (nSPS) is 7.57. The third-order valence-electron chi connectivity index (χ3n) is 0.637. The van der Waals surface area contributed by atoms with Gasteiger partial charge in [0, 0.05) is 19.4 Å². The minimum Gasteiger partial charge on any atom is -0.369 e. The molecule has 1 heterocycles. The first kappa shape index (κ1) is 6.17. The lowest BCUT2D eigenvalue weighted by Crippen LogP contribution is -1.76. The molecule has 0 unspecified atom stereocenters. The van der Waals surface area contributed by atoms with E-state index in [1.807, 2.05) is 17.8 Å². The molecular weight excluding hydrogens is 90.1 g/mol. The number of nitrogens with zero attached hydrogens (tertiary/aromatic N) is 2. The molecular formula is C4H10N3+. The highest BCUT2D eigenvalue weighted by Gasteiger charge is 1.69. The molecule has 1 aromatic heterocycles. The van der Waals surface area contributed by atoms with Gasteiger partial charge < -0.3 is 10.7 Å². The van der Waals surface area contributed by atoms with Crippen molar-refractivity contribution in [2.75, 3.05) is 0 Å². The lowest BCUT2D eigenvalue weighted by atomic mass is 10.9. The fraction of sp³-hybridized carbons (Fsp3) is 0.250. The lowest BCUT2D eigenvalue weighted by molar-refractivity contribution is 0.913. The molecule has 0 aliphatic heterocycles. The Balaban J connectivity index is 0.000000360. The zero-order valence-corrected chi connectivity index (χ0v) is 4.63. The summed E-state index contributed by atoms with van der Waals surface area (Å²) in [6.45, 7) is 0. The maximum Gasteiger partial charge on any atom is 0.0943 e. The Labute approximate surface area is 42.6 Å². The van der Waals surface area contributed by atoms with E-state index < -0.39 is 0 Å². The van der Waals surface area contributed by atoms with Crippen molar-refractivity contribution in [1.82, 2.24) is 15.7 Å². The second-order valence-electron chi connectivity index (χ2n) is 1.23. The molecule has 0 fully saturated rings. The number of quaternary nitrogens is 1. The predicted octanol–water partition coefficient (Wildman–Crippen LogP) is 0.796. The summed E-state index contributed by atoms with van der Waals surface area (Å²) in [5.41, 5.74) is 0. The van der Waals surface area contributed by atoms with Crippen LogP contribution in [0, 0.1) is 0 Å². The van der Waals surface area contributed by atoms with Crippen molar-refractivity contribution >= 4 is 0 Å². The van der Waals surface area contributed by atoms with Crippen LogP contribution in [-0.4, -0.2) is 9.55 Å². The largest absolute Gasteiger partial charge is 0.369 e. The van der Waals surface area contributed by atoms with Crippen LogP contribution in [0.25, 0.3) is 0 Å². The zero-order valence-electron chi connectivity index (χ0n) is 4.63. The van der Waals surface area contributed by atoms with Crippen LogP contribution in [0.4, 0.5) is 0 Å². The SMILES string of the molecule is Cn1ccnc1.[NH4+]. The van der Waals surface area contributed by atoms with Gasteiger partial charge in [-0.25, -0.2) is 4.98 Å². The number of aryl methyl sites for hydroxylation is 1. The van der Waals surface area contributed by atoms with E-state index in [0.717, 1.165) is 0 Å². The quantitative estimate of drug-likeness (QED) is 0.515. The average molecular weight is 100 g/mol. The second kappa shape index (κ2) is 2.36. The summed E-state index contributed by atoms with van der Waals surface area (Å²) < 4.78 is 1.89. The molecule has 3 nitrogen and oxygen atoms in total. The fourth-order valence-corrected chi connectivity index (χ4v) is 0.326. The van der Waals surface area contributed by atoms with Gasteiger partial charge in [-0.05, 0) is 0 Å². The van der Waals surface area contributed by atoms with Crippen LogP contribution in [0.3, 0.4) is 0 Å². The Hall–Kier alpha value is -0.830. The van der Waals surface area contributed by atoms with Crippen LogP contribution in [-0.2, 0) is 7.05 Å². The minimum absolute atomic E-state index is 0. The number of aromatic nitrogens is 2. The Morgan fingerprint density at radius 3 is 2.43 bits per heavy atom. The molecule has 40 valence electrons. The van der Waals surface area contributed by atoms with Gasteiger partial charge in [0.2, 0.25) is 0 Å². The molecule has 0 atom stereocenters. The molecule has 4 N–H and O–H groups in total. The molecule has 7 heavy (non-hydrogen) atoms. The summed E-state index contributed by atoms with van der Waals surface area (Å²) in [5.74, 6) is 0. The molecule has 0 spiro atoms. The van der Waals surface area contributed by atoms with Crippen molar-refractivity contribution in [1.29, 1.82) is 0 Å². The van der Waals surface area contributed by atoms with Gasteiger partial charge in [-0.1, -0.05) is 0 Å². The monoisotopic (exact) mass is 100 g/mol. The summed E-state index contributed by atoms with van der Waals surface area (Å²) in [7, 11) is 1.94. The molecule has 0 bridgehead atoms. The number of imidazole rings is 1. The first-order valence-corrected chi connectivity index (χ1v) is 1.81. The Bertz CT molecular complexity index is 110. The molecule has 1 aromatic rings. The van der Waals surface area contributed by atoms with E-state index in [1.165, 1.54) is 0 Å². The van der Waals surface area contributed by atoms with E-state index in [-0.39, 0.29) is 6.15 Å². The highest BCUT2D eigenvalue weighted by Crippen LogP contribution is 1.73. The topological polar surface area (TPSA) is 54.3 Å². The van der Waals surface area contributed by atoms with Gasteiger partial charge in [-0.3, -0.25) is 0 Å². The van der Waals surface area contributed by atoms with E-state index in [2.05, 4.69) is 4.98 Å². The minimum atomic E-state index is 0. The Morgan fingerprint density at radius 2 is 2.29 bits per heavy atom. The summed E-state index contributed by atoms with van der Waals surface area (Å²) in [6, 6.07) is 0. The summed E-state index contributed by atoms with van der Waals surface area (Å²) in [5, 5.41) is 0. The number of hydrogen-bond acceptors (Lipinski definition) is 1. The second-order valence-corrected chi connectivity index (χ2v) is 1.23. The third kappa shape index (κ3) is 1.36. The van der Waals surface area contributed by atoms with E-state index in [1.54, 1.807) is 12.5 Å². The van der Waals surface area contributed by atoms with Crippen molar-refractivity contribution in [2.45, 2.75) is 0 Å². The molecule has 0 aliphatic carbocycles. The number of rotatable bonds is 0. The smallest absolute Gasteiger partial charge is 0.0943 e. The van der Waals surface area contributed by atoms with Crippen LogP contribution < -0.4 is 6.15 Å². The Kier molecular flexibility index (Phi) is 2.08. The molecule has 0 aromatic carbocycles. The highest BCUT2D eigenvalue weighted by atomic mass is 15.0. The molecule has 0 saturated heterocycles. The lowest BCUT2D eigenvalue weighted by Gasteiger charge is -1.76. The zero-order chi connectivity index (χ0) is 4.41. The highest BCUT2D eigenvalue weighted by molar-refractivity contribution is 4.70. The van der Waals surface area contributed by atoms with Crippen molar-refractivity contribution in [3.8, 4) is 0 Å².